The maximum atomic E-state index is 5.52. The van der Waals surface area contributed by atoms with Crippen molar-refractivity contribution >= 4 is 5.84 Å². The zero-order chi connectivity index (χ0) is 9.84. The average molecular weight is 177 g/mol. The second-order valence-corrected chi connectivity index (χ2v) is 3.22. The number of nitrogens with two attached hydrogens (primary N) is 2. The predicted molar refractivity (Wildman–Crippen MR) is 55.4 cm³/mol. The Labute approximate surface area is 78.4 Å². The number of nitrogens with zero attached hydrogens (tertiary/aromatic N) is 1. The second-order valence-electron chi connectivity index (χ2n) is 3.22. The molecule has 13 heavy (non-hydrogen) atoms. The van der Waals surface area contributed by atoms with Crippen molar-refractivity contribution in [3.05, 3.63) is 34.9 Å². The van der Waals surface area contributed by atoms with Crippen LogP contribution < -0.4 is 11.6 Å². The standard InChI is InChI=1S/C10H15N3/c1-7-3-4-9(5-8(7)2)6-10(11)13-12/h3-5H,6,12H2,1-2H3,(H2,11,13). The molecule has 0 bridgehead atoms. The molecule has 3 heteroatoms. The lowest BCUT2D eigenvalue weighted by molar-refractivity contribution is 1.16. The van der Waals surface area contributed by atoms with E-state index in [4.69, 9.17) is 11.6 Å². The van der Waals surface area contributed by atoms with Crippen molar-refractivity contribution < 1.29 is 0 Å². The minimum Gasteiger partial charge on any atom is -0.385 e. The number of hydrazone groups is 1. The molecule has 0 atom stereocenters. The highest BCUT2D eigenvalue weighted by molar-refractivity contribution is 5.82. The van der Waals surface area contributed by atoms with E-state index >= 15 is 0 Å². The van der Waals surface area contributed by atoms with Crippen LogP contribution in [-0.2, 0) is 6.42 Å². The van der Waals surface area contributed by atoms with Crippen molar-refractivity contribution in [2.45, 2.75) is 20.3 Å². The van der Waals surface area contributed by atoms with Crippen LogP contribution in [0.5, 0.6) is 0 Å². The Morgan fingerprint density at radius 1 is 1.31 bits per heavy atom. The van der Waals surface area contributed by atoms with Crippen LogP contribution in [-0.4, -0.2) is 5.84 Å². The van der Waals surface area contributed by atoms with Crippen molar-refractivity contribution in [2.24, 2.45) is 16.7 Å². The van der Waals surface area contributed by atoms with Crippen LogP contribution in [0.2, 0.25) is 0 Å². The van der Waals surface area contributed by atoms with Gasteiger partial charge in [-0.1, -0.05) is 18.2 Å². The first kappa shape index (κ1) is 9.58. The molecule has 0 amide bonds. The second kappa shape index (κ2) is 3.94. The van der Waals surface area contributed by atoms with Crippen LogP contribution in [0.4, 0.5) is 0 Å². The van der Waals surface area contributed by atoms with E-state index in [0.717, 1.165) is 5.56 Å². The van der Waals surface area contributed by atoms with E-state index in [1.807, 2.05) is 6.07 Å². The third-order valence-corrected chi connectivity index (χ3v) is 2.12. The molecule has 0 unspecified atom stereocenters. The minimum atomic E-state index is 0.461. The first-order valence-electron chi connectivity index (χ1n) is 4.22. The normalized spacial score (nSPS) is 11.7. The van der Waals surface area contributed by atoms with Crippen LogP contribution in [0.25, 0.3) is 0 Å². The largest absolute Gasteiger partial charge is 0.385 e. The summed E-state index contributed by atoms with van der Waals surface area (Å²) >= 11 is 0. The van der Waals surface area contributed by atoms with Crippen LogP contribution in [0, 0.1) is 13.8 Å². The van der Waals surface area contributed by atoms with Gasteiger partial charge in [0, 0.05) is 6.42 Å². The van der Waals surface area contributed by atoms with Gasteiger partial charge in [-0.05, 0) is 30.5 Å². The lowest BCUT2D eigenvalue weighted by atomic mass is 10.0. The first-order valence-corrected chi connectivity index (χ1v) is 4.22. The molecule has 0 saturated heterocycles. The molecule has 0 spiro atoms. The van der Waals surface area contributed by atoms with Crippen molar-refractivity contribution in [3.63, 3.8) is 0 Å². The Morgan fingerprint density at radius 3 is 2.54 bits per heavy atom. The Hall–Kier alpha value is -1.51. The molecule has 0 saturated carbocycles. The number of hydrogen-bond acceptors (Lipinski definition) is 2. The van der Waals surface area contributed by atoms with Gasteiger partial charge in [0.1, 0.15) is 5.84 Å². The van der Waals surface area contributed by atoms with Gasteiger partial charge in [0.2, 0.25) is 0 Å². The van der Waals surface area contributed by atoms with Gasteiger partial charge in [-0.3, -0.25) is 0 Å². The van der Waals surface area contributed by atoms with Crippen LogP contribution >= 0.6 is 0 Å². The van der Waals surface area contributed by atoms with Gasteiger partial charge in [0.25, 0.3) is 0 Å². The number of aryl methyl sites for hydroxylation is 2. The van der Waals surface area contributed by atoms with E-state index in [2.05, 4.69) is 31.1 Å². The average Bonchev–Trinajstić information content (AvgIpc) is 2.11. The fraction of sp³-hybridized carbons (Fsp3) is 0.300. The smallest absolute Gasteiger partial charge is 0.123 e. The molecule has 0 radical (unpaired) electrons. The quantitative estimate of drug-likeness (QED) is 0.307. The molecular formula is C10H15N3. The third kappa shape index (κ3) is 2.47. The van der Waals surface area contributed by atoms with Gasteiger partial charge >= 0.3 is 0 Å². The lowest BCUT2D eigenvalue weighted by Crippen LogP contribution is -2.16. The van der Waals surface area contributed by atoms with Crippen LogP contribution in [0.1, 0.15) is 16.7 Å². The highest BCUT2D eigenvalue weighted by Crippen LogP contribution is 2.09. The molecular weight excluding hydrogens is 162 g/mol. The molecule has 0 heterocycles. The summed E-state index contributed by atoms with van der Waals surface area (Å²) in [4.78, 5) is 0. The molecule has 4 N–H and O–H groups in total. The molecule has 1 rings (SSSR count). The van der Waals surface area contributed by atoms with Crippen LogP contribution in [0.3, 0.4) is 0 Å². The van der Waals surface area contributed by atoms with E-state index < -0.39 is 0 Å². The Bertz CT molecular complexity index is 329. The summed E-state index contributed by atoms with van der Waals surface area (Å²) in [5.74, 6) is 5.51. The molecule has 0 aliphatic rings. The maximum absolute atomic E-state index is 5.52. The Morgan fingerprint density at radius 2 is 2.00 bits per heavy atom. The van der Waals surface area contributed by atoms with E-state index in [9.17, 15) is 0 Å². The zero-order valence-corrected chi connectivity index (χ0v) is 8.04. The van der Waals surface area contributed by atoms with Crippen molar-refractivity contribution in [1.29, 1.82) is 0 Å². The fourth-order valence-electron chi connectivity index (χ4n) is 1.17. The van der Waals surface area contributed by atoms with E-state index in [1.54, 1.807) is 0 Å². The van der Waals surface area contributed by atoms with Gasteiger partial charge in [0.15, 0.2) is 0 Å². The maximum Gasteiger partial charge on any atom is 0.123 e. The molecule has 0 aromatic heterocycles. The monoisotopic (exact) mass is 177 g/mol. The summed E-state index contributed by atoms with van der Waals surface area (Å²) in [7, 11) is 0. The fourth-order valence-corrected chi connectivity index (χ4v) is 1.17. The summed E-state index contributed by atoms with van der Waals surface area (Å²) in [6.45, 7) is 4.16. The van der Waals surface area contributed by atoms with E-state index in [0.29, 0.717) is 12.3 Å². The lowest BCUT2D eigenvalue weighted by Gasteiger charge is -2.04. The minimum absolute atomic E-state index is 0.461. The van der Waals surface area contributed by atoms with Gasteiger partial charge in [0.05, 0.1) is 0 Å². The predicted octanol–water partition coefficient (Wildman–Crippen LogP) is 1.08. The van der Waals surface area contributed by atoms with Crippen LogP contribution in [0.15, 0.2) is 23.3 Å². The van der Waals surface area contributed by atoms with Gasteiger partial charge in [-0.15, -0.1) is 0 Å². The van der Waals surface area contributed by atoms with Gasteiger partial charge < -0.3 is 11.6 Å². The summed E-state index contributed by atoms with van der Waals surface area (Å²) < 4.78 is 0. The van der Waals surface area contributed by atoms with Gasteiger partial charge in [-0.2, -0.15) is 5.10 Å². The molecule has 0 fully saturated rings. The number of rotatable bonds is 2. The van der Waals surface area contributed by atoms with Crippen molar-refractivity contribution in [2.75, 3.05) is 0 Å². The molecule has 1 aromatic rings. The Balaban J connectivity index is 2.86. The van der Waals surface area contributed by atoms with E-state index in [1.165, 1.54) is 11.1 Å². The number of hydrogen-bond donors (Lipinski definition) is 2. The van der Waals surface area contributed by atoms with Crippen molar-refractivity contribution in [3.8, 4) is 0 Å². The molecule has 70 valence electrons. The first-order chi connectivity index (χ1) is 6.13. The summed E-state index contributed by atoms with van der Waals surface area (Å²) in [6, 6.07) is 6.22. The summed E-state index contributed by atoms with van der Waals surface area (Å²) in [5, 5.41) is 3.43. The van der Waals surface area contributed by atoms with E-state index in [-0.39, 0.29) is 0 Å². The number of amidine groups is 1. The van der Waals surface area contributed by atoms with Gasteiger partial charge in [-0.25, -0.2) is 0 Å². The third-order valence-electron chi connectivity index (χ3n) is 2.12. The molecule has 0 aliphatic heterocycles. The Kier molecular flexibility index (Phi) is 2.90. The molecule has 3 nitrogen and oxygen atoms in total. The molecule has 1 aromatic carbocycles. The number of benzene rings is 1. The van der Waals surface area contributed by atoms with Crippen molar-refractivity contribution in [1.82, 2.24) is 0 Å². The SMILES string of the molecule is Cc1ccc(CC(N)=NN)cc1C. The highest BCUT2D eigenvalue weighted by Gasteiger charge is 1.98. The summed E-state index contributed by atoms with van der Waals surface area (Å²) in [5.41, 5.74) is 9.22. The molecule has 0 aliphatic carbocycles. The topological polar surface area (TPSA) is 64.4 Å². The highest BCUT2D eigenvalue weighted by atomic mass is 15.1. The summed E-state index contributed by atoms with van der Waals surface area (Å²) in [6.07, 6.45) is 0.623. The zero-order valence-electron chi connectivity index (χ0n) is 8.04.